The van der Waals surface area contributed by atoms with Gasteiger partial charge in [0, 0.05) is 12.1 Å². The van der Waals surface area contributed by atoms with Gasteiger partial charge in [0.15, 0.2) is 0 Å². The van der Waals surface area contributed by atoms with Gasteiger partial charge in [-0.2, -0.15) is 0 Å². The minimum Gasteiger partial charge on any atom is -0.399 e. The molecule has 2 nitrogen and oxygen atoms in total. The summed E-state index contributed by atoms with van der Waals surface area (Å²) >= 11 is 1.76. The number of nitrogens with zero attached hydrogens (tertiary/aromatic N) is 1. The molecule has 0 atom stereocenters. The van der Waals surface area contributed by atoms with Crippen LogP contribution in [-0.2, 0) is 12.8 Å². The van der Waals surface area contributed by atoms with Gasteiger partial charge < -0.3 is 5.73 Å². The van der Waals surface area contributed by atoms with Crippen LogP contribution in [-0.4, -0.2) is 4.98 Å². The molecule has 2 N–H and O–H groups in total. The first kappa shape index (κ1) is 11.2. The summed E-state index contributed by atoms with van der Waals surface area (Å²) in [5.41, 5.74) is 8.92. The van der Waals surface area contributed by atoms with E-state index < -0.39 is 0 Å². The number of benzene rings is 2. The molecule has 0 spiro atoms. The molecule has 0 saturated carbocycles. The van der Waals surface area contributed by atoms with Crippen LogP contribution < -0.4 is 5.73 Å². The molecule has 3 heteroatoms. The van der Waals surface area contributed by atoms with E-state index in [0.717, 1.165) is 24.0 Å². The molecule has 0 aliphatic carbocycles. The summed E-state index contributed by atoms with van der Waals surface area (Å²) in [6.45, 7) is 0. The molecule has 3 rings (SSSR count). The molecule has 2 aromatic carbocycles. The lowest BCUT2D eigenvalue weighted by molar-refractivity contribution is 0.949. The fourth-order valence-electron chi connectivity index (χ4n) is 2.00. The highest BCUT2D eigenvalue weighted by Gasteiger charge is 2.04. The number of nitrogens with two attached hydrogens (primary N) is 1. The fraction of sp³-hybridized carbons (Fsp3) is 0.133. The minimum atomic E-state index is 0.780. The monoisotopic (exact) mass is 254 g/mol. The molecular weight excluding hydrogens is 240 g/mol. The number of hydrogen-bond donors (Lipinski definition) is 1. The molecule has 18 heavy (non-hydrogen) atoms. The first-order valence-electron chi connectivity index (χ1n) is 6.00. The Morgan fingerprint density at radius 3 is 2.67 bits per heavy atom. The Morgan fingerprint density at radius 2 is 1.83 bits per heavy atom. The van der Waals surface area contributed by atoms with E-state index in [-0.39, 0.29) is 0 Å². The standard InChI is InChI=1S/C15H14N2S/c16-12-7-8-14-13(10-12)17-15(18-14)9-6-11-4-2-1-3-5-11/h1-5,7-8,10H,6,9,16H2. The van der Waals surface area contributed by atoms with E-state index in [9.17, 15) is 0 Å². The van der Waals surface area contributed by atoms with E-state index in [4.69, 9.17) is 5.73 Å². The molecule has 1 heterocycles. The number of aryl methyl sites for hydroxylation is 2. The number of anilines is 1. The third-order valence-electron chi connectivity index (χ3n) is 2.93. The third kappa shape index (κ3) is 2.36. The smallest absolute Gasteiger partial charge is 0.0941 e. The van der Waals surface area contributed by atoms with Crippen molar-refractivity contribution in [2.24, 2.45) is 0 Å². The van der Waals surface area contributed by atoms with Crippen LogP contribution in [0, 0.1) is 0 Å². The van der Waals surface area contributed by atoms with E-state index in [2.05, 4.69) is 29.2 Å². The quantitative estimate of drug-likeness (QED) is 0.724. The normalized spacial score (nSPS) is 10.9. The molecule has 0 unspecified atom stereocenters. The average molecular weight is 254 g/mol. The molecular formula is C15H14N2S. The van der Waals surface area contributed by atoms with Gasteiger partial charge in [-0.1, -0.05) is 30.3 Å². The van der Waals surface area contributed by atoms with Crippen molar-refractivity contribution in [2.45, 2.75) is 12.8 Å². The van der Waals surface area contributed by atoms with Crippen molar-refractivity contribution in [1.82, 2.24) is 4.98 Å². The first-order valence-corrected chi connectivity index (χ1v) is 6.82. The zero-order chi connectivity index (χ0) is 12.4. The number of aromatic nitrogens is 1. The summed E-state index contributed by atoms with van der Waals surface area (Å²) < 4.78 is 1.22. The van der Waals surface area contributed by atoms with Crippen LogP contribution >= 0.6 is 11.3 Å². The largest absolute Gasteiger partial charge is 0.399 e. The van der Waals surface area contributed by atoms with Crippen molar-refractivity contribution in [1.29, 1.82) is 0 Å². The first-order chi connectivity index (χ1) is 8.81. The minimum absolute atomic E-state index is 0.780. The van der Waals surface area contributed by atoms with Crippen LogP contribution in [0.1, 0.15) is 10.6 Å². The summed E-state index contributed by atoms with van der Waals surface area (Å²) in [6, 6.07) is 16.4. The zero-order valence-electron chi connectivity index (χ0n) is 9.97. The van der Waals surface area contributed by atoms with Crippen molar-refractivity contribution in [3.63, 3.8) is 0 Å². The molecule has 90 valence electrons. The molecule has 3 aromatic rings. The third-order valence-corrected chi connectivity index (χ3v) is 4.02. The second-order valence-electron chi connectivity index (χ2n) is 4.32. The van der Waals surface area contributed by atoms with Gasteiger partial charge in [-0.05, 0) is 30.2 Å². The highest BCUT2D eigenvalue weighted by atomic mass is 32.1. The summed E-state index contributed by atoms with van der Waals surface area (Å²) in [6.07, 6.45) is 2.03. The summed E-state index contributed by atoms with van der Waals surface area (Å²) in [7, 11) is 0. The van der Waals surface area contributed by atoms with Crippen LogP contribution in [0.5, 0.6) is 0 Å². The second kappa shape index (κ2) is 4.78. The Balaban J connectivity index is 1.79. The Labute approximate surface area is 110 Å². The zero-order valence-corrected chi connectivity index (χ0v) is 10.8. The number of fused-ring (bicyclic) bond motifs is 1. The van der Waals surface area contributed by atoms with Gasteiger partial charge in [0.2, 0.25) is 0 Å². The van der Waals surface area contributed by atoms with E-state index in [0.29, 0.717) is 0 Å². The Kier molecular flexibility index (Phi) is 2.99. The lowest BCUT2D eigenvalue weighted by atomic mass is 10.1. The van der Waals surface area contributed by atoms with Crippen LogP contribution in [0.2, 0.25) is 0 Å². The van der Waals surface area contributed by atoms with E-state index in [1.54, 1.807) is 11.3 Å². The Morgan fingerprint density at radius 1 is 1.00 bits per heavy atom. The molecule has 0 aliphatic rings. The molecule has 1 aromatic heterocycles. The number of hydrogen-bond acceptors (Lipinski definition) is 3. The van der Waals surface area contributed by atoms with Crippen molar-refractivity contribution in [2.75, 3.05) is 5.73 Å². The summed E-state index contributed by atoms with van der Waals surface area (Å²) in [4.78, 5) is 4.63. The highest BCUT2D eigenvalue weighted by Crippen LogP contribution is 2.24. The maximum atomic E-state index is 5.76. The number of nitrogen functional groups attached to an aromatic ring is 1. The van der Waals surface area contributed by atoms with E-state index in [1.165, 1.54) is 15.3 Å². The topological polar surface area (TPSA) is 38.9 Å². The predicted octanol–water partition coefficient (Wildman–Crippen LogP) is 3.66. The summed E-state index contributed by atoms with van der Waals surface area (Å²) in [5.74, 6) is 0. The maximum Gasteiger partial charge on any atom is 0.0941 e. The van der Waals surface area contributed by atoms with Gasteiger partial charge in [-0.15, -0.1) is 11.3 Å². The van der Waals surface area contributed by atoms with Crippen molar-refractivity contribution in [3.8, 4) is 0 Å². The van der Waals surface area contributed by atoms with Gasteiger partial charge >= 0.3 is 0 Å². The van der Waals surface area contributed by atoms with Crippen LogP contribution in [0.4, 0.5) is 5.69 Å². The molecule has 0 saturated heterocycles. The van der Waals surface area contributed by atoms with Crippen molar-refractivity contribution >= 4 is 27.2 Å². The maximum absolute atomic E-state index is 5.76. The van der Waals surface area contributed by atoms with Gasteiger partial charge in [0.1, 0.15) is 0 Å². The molecule has 0 radical (unpaired) electrons. The fourth-order valence-corrected chi connectivity index (χ4v) is 2.94. The van der Waals surface area contributed by atoms with Crippen molar-refractivity contribution < 1.29 is 0 Å². The highest BCUT2D eigenvalue weighted by molar-refractivity contribution is 7.18. The predicted molar refractivity (Wildman–Crippen MR) is 77.9 cm³/mol. The van der Waals surface area contributed by atoms with E-state index >= 15 is 0 Å². The SMILES string of the molecule is Nc1ccc2sc(CCc3ccccc3)nc2c1. The van der Waals surface area contributed by atoms with Crippen molar-refractivity contribution in [3.05, 3.63) is 59.1 Å². The van der Waals surface area contributed by atoms with Gasteiger partial charge in [-0.3, -0.25) is 0 Å². The molecule has 0 bridgehead atoms. The van der Waals surface area contributed by atoms with Crippen LogP contribution in [0.25, 0.3) is 10.2 Å². The molecule has 0 amide bonds. The van der Waals surface area contributed by atoms with Gasteiger partial charge in [0.05, 0.1) is 15.2 Å². The average Bonchev–Trinajstić information content (AvgIpc) is 2.79. The molecule has 0 aliphatic heterocycles. The second-order valence-corrected chi connectivity index (χ2v) is 5.44. The summed E-state index contributed by atoms with van der Waals surface area (Å²) in [5, 5.41) is 1.18. The number of thiazole rings is 1. The lowest BCUT2D eigenvalue weighted by Gasteiger charge is -1.97. The van der Waals surface area contributed by atoms with Crippen LogP contribution in [0.15, 0.2) is 48.5 Å². The Hall–Kier alpha value is -1.87. The Bertz CT molecular complexity index is 659. The van der Waals surface area contributed by atoms with Gasteiger partial charge in [-0.25, -0.2) is 4.98 Å². The lowest BCUT2D eigenvalue weighted by Crippen LogP contribution is -1.89. The van der Waals surface area contributed by atoms with Crippen LogP contribution in [0.3, 0.4) is 0 Å². The van der Waals surface area contributed by atoms with Gasteiger partial charge in [0.25, 0.3) is 0 Å². The number of rotatable bonds is 3. The van der Waals surface area contributed by atoms with E-state index in [1.807, 2.05) is 24.3 Å². The molecule has 0 fully saturated rings.